The van der Waals surface area contributed by atoms with Gasteiger partial charge in [-0.05, 0) is 43.0 Å². The van der Waals surface area contributed by atoms with Gasteiger partial charge in [0.2, 0.25) is 0 Å². The maximum absolute atomic E-state index is 11.5. The zero-order valence-electron chi connectivity index (χ0n) is 14.1. The fourth-order valence-corrected chi connectivity index (χ4v) is 3.22. The molecule has 1 fully saturated rings. The number of rotatable bonds is 2. The lowest BCUT2D eigenvalue weighted by molar-refractivity contribution is -0.0877. The standard InChI is InChI=1S/C18H24N2O3/c1-11(2)14-8-19-15-6-5-12(7-13(14)15)16-9-20(17(21)22)18(3,4)10-23-16/h5-8,11,16,19H,9-10H2,1-4H3,(H,21,22). The van der Waals surface area contributed by atoms with Crippen molar-refractivity contribution in [2.75, 3.05) is 13.2 Å². The Morgan fingerprint density at radius 1 is 1.43 bits per heavy atom. The number of nitrogens with one attached hydrogen (secondary N) is 1. The molecule has 1 atom stereocenters. The largest absolute Gasteiger partial charge is 0.465 e. The molecule has 23 heavy (non-hydrogen) atoms. The molecule has 1 amide bonds. The Balaban J connectivity index is 1.94. The predicted molar refractivity (Wildman–Crippen MR) is 89.9 cm³/mol. The van der Waals surface area contributed by atoms with Crippen molar-refractivity contribution in [2.24, 2.45) is 0 Å². The molecule has 0 radical (unpaired) electrons. The predicted octanol–water partition coefficient (Wildman–Crippen LogP) is 4.12. The van der Waals surface area contributed by atoms with E-state index in [0.717, 1.165) is 11.1 Å². The minimum Gasteiger partial charge on any atom is -0.465 e. The Morgan fingerprint density at radius 3 is 2.83 bits per heavy atom. The molecule has 1 aliphatic heterocycles. The Bertz CT molecular complexity index is 733. The summed E-state index contributed by atoms with van der Waals surface area (Å²) >= 11 is 0. The fraction of sp³-hybridized carbons (Fsp3) is 0.500. The van der Waals surface area contributed by atoms with E-state index in [9.17, 15) is 9.90 Å². The van der Waals surface area contributed by atoms with Crippen LogP contribution in [0.15, 0.2) is 24.4 Å². The van der Waals surface area contributed by atoms with E-state index < -0.39 is 11.6 Å². The Hall–Kier alpha value is -2.01. The van der Waals surface area contributed by atoms with Crippen LogP contribution in [0.3, 0.4) is 0 Å². The van der Waals surface area contributed by atoms with Crippen LogP contribution in [0.4, 0.5) is 4.79 Å². The van der Waals surface area contributed by atoms with E-state index in [1.807, 2.05) is 32.2 Å². The van der Waals surface area contributed by atoms with E-state index in [1.165, 1.54) is 15.8 Å². The Labute approximate surface area is 136 Å². The summed E-state index contributed by atoms with van der Waals surface area (Å²) in [6.07, 6.45) is 0.931. The second-order valence-electron chi connectivity index (χ2n) is 7.21. The number of amides is 1. The minimum absolute atomic E-state index is 0.224. The number of ether oxygens (including phenoxy) is 1. The average Bonchev–Trinajstić information content (AvgIpc) is 2.89. The molecule has 3 rings (SSSR count). The lowest BCUT2D eigenvalue weighted by Crippen LogP contribution is -2.55. The van der Waals surface area contributed by atoms with Crippen molar-refractivity contribution in [3.8, 4) is 0 Å². The van der Waals surface area contributed by atoms with Crippen LogP contribution in [-0.4, -0.2) is 39.8 Å². The van der Waals surface area contributed by atoms with E-state index in [1.54, 1.807) is 0 Å². The first-order valence-electron chi connectivity index (χ1n) is 8.02. The lowest BCUT2D eigenvalue weighted by atomic mass is 9.96. The van der Waals surface area contributed by atoms with Crippen LogP contribution < -0.4 is 0 Å². The van der Waals surface area contributed by atoms with Gasteiger partial charge >= 0.3 is 6.09 Å². The van der Waals surface area contributed by atoms with Gasteiger partial charge in [0.05, 0.1) is 18.7 Å². The Morgan fingerprint density at radius 2 is 2.17 bits per heavy atom. The van der Waals surface area contributed by atoms with Crippen LogP contribution in [0, 0.1) is 0 Å². The minimum atomic E-state index is -0.895. The monoisotopic (exact) mass is 316 g/mol. The van der Waals surface area contributed by atoms with Gasteiger partial charge in [-0.15, -0.1) is 0 Å². The maximum atomic E-state index is 11.5. The zero-order valence-corrected chi connectivity index (χ0v) is 14.1. The number of morpholine rings is 1. The van der Waals surface area contributed by atoms with Crippen LogP contribution >= 0.6 is 0 Å². The van der Waals surface area contributed by atoms with Crippen molar-refractivity contribution < 1.29 is 14.6 Å². The fourth-order valence-electron chi connectivity index (χ4n) is 3.22. The highest BCUT2D eigenvalue weighted by molar-refractivity contribution is 5.84. The number of hydrogen-bond donors (Lipinski definition) is 2. The molecule has 2 N–H and O–H groups in total. The Kier molecular flexibility index (Phi) is 3.84. The summed E-state index contributed by atoms with van der Waals surface area (Å²) in [6, 6.07) is 6.20. The van der Waals surface area contributed by atoms with Gasteiger partial charge in [0, 0.05) is 17.1 Å². The second-order valence-corrected chi connectivity index (χ2v) is 7.21. The van der Waals surface area contributed by atoms with Gasteiger partial charge in [0.1, 0.15) is 6.10 Å². The number of fused-ring (bicyclic) bond motifs is 1. The van der Waals surface area contributed by atoms with Gasteiger partial charge in [0.25, 0.3) is 0 Å². The van der Waals surface area contributed by atoms with Crippen LogP contribution in [0.2, 0.25) is 0 Å². The van der Waals surface area contributed by atoms with E-state index >= 15 is 0 Å². The van der Waals surface area contributed by atoms with Crippen LogP contribution in [-0.2, 0) is 4.74 Å². The van der Waals surface area contributed by atoms with E-state index in [-0.39, 0.29) is 6.10 Å². The summed E-state index contributed by atoms with van der Waals surface area (Å²) in [4.78, 5) is 16.3. The summed E-state index contributed by atoms with van der Waals surface area (Å²) in [5.41, 5.74) is 2.90. The molecular weight excluding hydrogens is 292 g/mol. The van der Waals surface area contributed by atoms with Crippen LogP contribution in [0.5, 0.6) is 0 Å². The number of hydrogen-bond acceptors (Lipinski definition) is 2. The topological polar surface area (TPSA) is 65.6 Å². The van der Waals surface area contributed by atoms with E-state index in [4.69, 9.17) is 4.74 Å². The summed E-state index contributed by atoms with van der Waals surface area (Å²) in [6.45, 7) is 8.87. The van der Waals surface area contributed by atoms with Gasteiger partial charge in [-0.3, -0.25) is 4.90 Å². The number of carboxylic acid groups (broad SMARTS) is 1. The maximum Gasteiger partial charge on any atom is 0.407 e. The molecule has 1 aromatic heterocycles. The van der Waals surface area contributed by atoms with Gasteiger partial charge in [-0.1, -0.05) is 19.9 Å². The molecule has 1 aromatic carbocycles. The van der Waals surface area contributed by atoms with Crippen molar-refractivity contribution in [3.05, 3.63) is 35.5 Å². The molecule has 1 unspecified atom stereocenters. The quantitative estimate of drug-likeness (QED) is 0.876. The molecule has 124 valence electrons. The van der Waals surface area contributed by atoms with Crippen LogP contribution in [0.1, 0.15) is 50.8 Å². The van der Waals surface area contributed by atoms with E-state index in [2.05, 4.69) is 24.9 Å². The first-order chi connectivity index (χ1) is 10.8. The zero-order chi connectivity index (χ0) is 16.8. The highest BCUT2D eigenvalue weighted by atomic mass is 16.5. The third-order valence-electron chi connectivity index (χ3n) is 4.68. The molecule has 0 saturated carbocycles. The summed E-state index contributed by atoms with van der Waals surface area (Å²) in [5.74, 6) is 0.431. The van der Waals surface area contributed by atoms with Gasteiger partial charge in [0.15, 0.2) is 0 Å². The normalized spacial score (nSPS) is 21.1. The van der Waals surface area contributed by atoms with E-state index in [0.29, 0.717) is 19.1 Å². The van der Waals surface area contributed by atoms with Crippen molar-refractivity contribution >= 4 is 17.0 Å². The molecular formula is C18H24N2O3. The molecule has 2 heterocycles. The number of aromatic amines is 1. The third kappa shape index (κ3) is 2.81. The molecule has 2 aromatic rings. The molecule has 5 nitrogen and oxygen atoms in total. The number of nitrogens with zero attached hydrogens (tertiary/aromatic N) is 1. The highest BCUT2D eigenvalue weighted by Crippen LogP contribution is 2.33. The summed E-state index contributed by atoms with van der Waals surface area (Å²) in [5, 5.41) is 10.6. The second kappa shape index (κ2) is 5.57. The molecule has 0 bridgehead atoms. The molecule has 1 saturated heterocycles. The number of H-pyrrole nitrogens is 1. The van der Waals surface area contributed by atoms with Gasteiger partial charge < -0.3 is 14.8 Å². The molecule has 0 spiro atoms. The number of aromatic nitrogens is 1. The van der Waals surface area contributed by atoms with Crippen molar-refractivity contribution in [2.45, 2.75) is 45.3 Å². The third-order valence-corrected chi connectivity index (χ3v) is 4.68. The number of benzene rings is 1. The molecule has 5 heteroatoms. The molecule has 1 aliphatic rings. The summed E-state index contributed by atoms with van der Waals surface area (Å²) in [7, 11) is 0. The first-order valence-corrected chi connectivity index (χ1v) is 8.02. The van der Waals surface area contributed by atoms with Crippen molar-refractivity contribution in [1.29, 1.82) is 0 Å². The lowest BCUT2D eigenvalue weighted by Gasteiger charge is -2.43. The SMILES string of the molecule is CC(C)c1c[nH]c2ccc(C3CN(C(=O)O)C(C)(C)CO3)cc12. The summed E-state index contributed by atoms with van der Waals surface area (Å²) < 4.78 is 5.97. The van der Waals surface area contributed by atoms with Gasteiger partial charge in [-0.25, -0.2) is 4.79 Å². The van der Waals surface area contributed by atoms with Crippen LogP contribution in [0.25, 0.3) is 10.9 Å². The number of carbonyl (C=O) groups is 1. The van der Waals surface area contributed by atoms with Crippen molar-refractivity contribution in [1.82, 2.24) is 9.88 Å². The van der Waals surface area contributed by atoms with Crippen molar-refractivity contribution in [3.63, 3.8) is 0 Å². The van der Waals surface area contributed by atoms with Gasteiger partial charge in [-0.2, -0.15) is 0 Å². The highest BCUT2D eigenvalue weighted by Gasteiger charge is 2.38. The first kappa shape index (κ1) is 15.9. The smallest absolute Gasteiger partial charge is 0.407 e. The molecule has 0 aliphatic carbocycles. The average molecular weight is 316 g/mol.